The summed E-state index contributed by atoms with van der Waals surface area (Å²) in [6, 6.07) is 10.2. The molecule has 0 saturated carbocycles. The fourth-order valence-electron chi connectivity index (χ4n) is 4.40. The fourth-order valence-corrected chi connectivity index (χ4v) is 4.40. The van der Waals surface area contributed by atoms with E-state index in [1.807, 2.05) is 29.4 Å². The number of rotatable bonds is 3. The van der Waals surface area contributed by atoms with Crippen LogP contribution in [0.15, 0.2) is 55.0 Å². The molecular weight excluding hydrogens is 383 g/mol. The summed E-state index contributed by atoms with van der Waals surface area (Å²) in [7, 11) is 0. The average Bonchev–Trinajstić information content (AvgIpc) is 3.17. The number of amides is 1. The van der Waals surface area contributed by atoms with Gasteiger partial charge in [0.1, 0.15) is 18.2 Å². The average molecular weight is 406 g/mol. The molecule has 0 unspecified atom stereocenters. The number of pyridine rings is 1. The van der Waals surface area contributed by atoms with Crippen molar-refractivity contribution >= 4 is 5.91 Å². The summed E-state index contributed by atoms with van der Waals surface area (Å²) in [5.41, 5.74) is 2.50. The second-order valence-corrected chi connectivity index (χ2v) is 8.05. The number of halogens is 1. The molecule has 1 amide bonds. The third kappa shape index (κ3) is 3.61. The van der Waals surface area contributed by atoms with Crippen LogP contribution in [-0.2, 0) is 29.1 Å². The predicted molar refractivity (Wildman–Crippen MR) is 109 cm³/mol. The Hall–Kier alpha value is -3.06. The third-order valence-electron chi connectivity index (χ3n) is 6.12. The Morgan fingerprint density at radius 1 is 1.17 bits per heavy atom. The van der Waals surface area contributed by atoms with Crippen LogP contribution in [0.2, 0.25) is 0 Å². The third-order valence-corrected chi connectivity index (χ3v) is 6.12. The Balaban J connectivity index is 1.27. The van der Waals surface area contributed by atoms with Crippen molar-refractivity contribution in [3.8, 4) is 11.3 Å². The molecule has 1 spiro atoms. The molecule has 1 fully saturated rings. The second-order valence-electron chi connectivity index (χ2n) is 8.05. The van der Waals surface area contributed by atoms with E-state index in [1.165, 1.54) is 12.1 Å². The molecule has 0 aliphatic carbocycles. The molecule has 1 aromatic carbocycles. The van der Waals surface area contributed by atoms with Gasteiger partial charge in [-0.25, -0.2) is 9.37 Å². The zero-order chi connectivity index (χ0) is 20.6. The molecule has 4 heterocycles. The highest BCUT2D eigenvalue weighted by Crippen LogP contribution is 2.35. The first-order chi connectivity index (χ1) is 14.6. The van der Waals surface area contributed by atoms with Crippen LogP contribution in [0.4, 0.5) is 4.39 Å². The van der Waals surface area contributed by atoms with Gasteiger partial charge in [-0.3, -0.25) is 9.78 Å². The maximum atomic E-state index is 13.4. The minimum absolute atomic E-state index is 0.0330. The summed E-state index contributed by atoms with van der Waals surface area (Å²) >= 11 is 0. The lowest BCUT2D eigenvalue weighted by atomic mass is 9.89. The standard InChI is InChI=1S/C23H23FN4O2/c24-19-5-1-3-17(11-19)12-22(29)27-9-6-23(7-10-27)16-28-20(14-26-21(28)15-30-23)18-4-2-8-25-13-18/h1-5,8,11,13-14H,6-7,9-10,12,15-16H2. The minimum atomic E-state index is -0.311. The normalized spacial score (nSPS) is 17.7. The van der Waals surface area contributed by atoms with Gasteiger partial charge in [0.2, 0.25) is 5.91 Å². The molecule has 0 atom stereocenters. The molecule has 1 saturated heterocycles. The summed E-state index contributed by atoms with van der Waals surface area (Å²) in [4.78, 5) is 23.3. The largest absolute Gasteiger partial charge is 0.365 e. The molecule has 5 rings (SSSR count). The van der Waals surface area contributed by atoms with Gasteiger partial charge >= 0.3 is 0 Å². The summed E-state index contributed by atoms with van der Waals surface area (Å²) in [6.45, 7) is 2.47. The quantitative estimate of drug-likeness (QED) is 0.670. The molecule has 30 heavy (non-hydrogen) atoms. The molecule has 0 N–H and O–H groups in total. The van der Waals surface area contributed by atoms with E-state index >= 15 is 0 Å². The molecule has 2 aliphatic rings. The Labute approximate surface area is 174 Å². The van der Waals surface area contributed by atoms with E-state index in [2.05, 4.69) is 14.5 Å². The van der Waals surface area contributed by atoms with Crippen molar-refractivity contribution in [3.63, 3.8) is 0 Å². The maximum absolute atomic E-state index is 13.4. The van der Waals surface area contributed by atoms with Gasteiger partial charge in [-0.15, -0.1) is 0 Å². The number of aromatic nitrogens is 3. The number of fused-ring (bicyclic) bond motifs is 1. The minimum Gasteiger partial charge on any atom is -0.365 e. The smallest absolute Gasteiger partial charge is 0.226 e. The van der Waals surface area contributed by atoms with Crippen molar-refractivity contribution in [3.05, 3.63) is 72.2 Å². The molecule has 2 aliphatic heterocycles. The number of hydrogen-bond acceptors (Lipinski definition) is 4. The van der Waals surface area contributed by atoms with Crippen molar-refractivity contribution in [2.75, 3.05) is 13.1 Å². The van der Waals surface area contributed by atoms with Crippen LogP contribution in [0, 0.1) is 5.82 Å². The second kappa shape index (κ2) is 7.65. The van der Waals surface area contributed by atoms with E-state index in [0.717, 1.165) is 36.5 Å². The molecule has 0 radical (unpaired) electrons. The van der Waals surface area contributed by atoms with Crippen LogP contribution >= 0.6 is 0 Å². The van der Waals surface area contributed by atoms with Crippen molar-refractivity contribution < 1.29 is 13.9 Å². The number of benzene rings is 1. The van der Waals surface area contributed by atoms with E-state index in [1.54, 1.807) is 18.3 Å². The number of imidazole rings is 1. The zero-order valence-corrected chi connectivity index (χ0v) is 16.6. The summed E-state index contributed by atoms with van der Waals surface area (Å²) in [6.07, 6.45) is 7.26. The number of hydrogen-bond donors (Lipinski definition) is 0. The van der Waals surface area contributed by atoms with Crippen LogP contribution < -0.4 is 0 Å². The Morgan fingerprint density at radius 2 is 2.03 bits per heavy atom. The summed E-state index contributed by atoms with van der Waals surface area (Å²) < 4.78 is 21.9. The van der Waals surface area contributed by atoms with Crippen LogP contribution in [0.5, 0.6) is 0 Å². The highest BCUT2D eigenvalue weighted by Gasteiger charge is 2.41. The zero-order valence-electron chi connectivity index (χ0n) is 16.6. The first kappa shape index (κ1) is 18.9. The lowest BCUT2D eigenvalue weighted by Crippen LogP contribution is -2.52. The van der Waals surface area contributed by atoms with Gasteiger partial charge in [0.15, 0.2) is 0 Å². The fraction of sp³-hybridized carbons (Fsp3) is 0.348. The Kier molecular flexibility index (Phi) is 4.83. The van der Waals surface area contributed by atoms with Crippen molar-refractivity contribution in [2.24, 2.45) is 0 Å². The van der Waals surface area contributed by atoms with Gasteiger partial charge in [0.05, 0.1) is 30.5 Å². The number of nitrogens with zero attached hydrogens (tertiary/aromatic N) is 4. The van der Waals surface area contributed by atoms with Gasteiger partial charge in [0.25, 0.3) is 0 Å². The van der Waals surface area contributed by atoms with Crippen molar-refractivity contribution in [1.82, 2.24) is 19.4 Å². The van der Waals surface area contributed by atoms with Crippen LogP contribution in [0.25, 0.3) is 11.3 Å². The van der Waals surface area contributed by atoms with Crippen LogP contribution in [0.1, 0.15) is 24.2 Å². The van der Waals surface area contributed by atoms with Crippen LogP contribution in [0.3, 0.4) is 0 Å². The van der Waals surface area contributed by atoms with E-state index < -0.39 is 0 Å². The van der Waals surface area contributed by atoms with E-state index in [-0.39, 0.29) is 23.7 Å². The van der Waals surface area contributed by atoms with Crippen LogP contribution in [-0.4, -0.2) is 44.0 Å². The first-order valence-corrected chi connectivity index (χ1v) is 10.2. The molecule has 6 nitrogen and oxygen atoms in total. The topological polar surface area (TPSA) is 60.2 Å². The van der Waals surface area contributed by atoms with E-state index in [9.17, 15) is 9.18 Å². The lowest BCUT2D eigenvalue weighted by molar-refractivity contribution is -0.145. The lowest BCUT2D eigenvalue weighted by Gasteiger charge is -2.44. The van der Waals surface area contributed by atoms with Gasteiger partial charge in [-0.1, -0.05) is 12.1 Å². The molecule has 2 aromatic heterocycles. The van der Waals surface area contributed by atoms with E-state index in [0.29, 0.717) is 25.3 Å². The first-order valence-electron chi connectivity index (χ1n) is 10.2. The van der Waals surface area contributed by atoms with Gasteiger partial charge in [-0.05, 0) is 42.7 Å². The summed E-state index contributed by atoms with van der Waals surface area (Å²) in [5.74, 6) is 0.642. The van der Waals surface area contributed by atoms with Gasteiger partial charge in [0, 0.05) is 31.0 Å². The molecular formula is C23H23FN4O2. The van der Waals surface area contributed by atoms with E-state index in [4.69, 9.17) is 4.74 Å². The number of carbonyl (C=O) groups is 1. The van der Waals surface area contributed by atoms with Gasteiger partial charge in [-0.2, -0.15) is 0 Å². The van der Waals surface area contributed by atoms with Gasteiger partial charge < -0.3 is 14.2 Å². The number of ether oxygens (including phenoxy) is 1. The maximum Gasteiger partial charge on any atom is 0.226 e. The monoisotopic (exact) mass is 406 g/mol. The number of carbonyl (C=O) groups excluding carboxylic acids is 1. The SMILES string of the molecule is O=C(Cc1cccc(F)c1)N1CCC2(CC1)Cn1c(-c3cccnc3)cnc1CO2. The highest BCUT2D eigenvalue weighted by molar-refractivity contribution is 5.78. The number of piperidine rings is 1. The van der Waals surface area contributed by atoms with Crippen molar-refractivity contribution in [1.29, 1.82) is 0 Å². The molecule has 0 bridgehead atoms. The predicted octanol–water partition coefficient (Wildman–Crippen LogP) is 3.22. The van der Waals surface area contributed by atoms with Crippen molar-refractivity contribution in [2.45, 2.75) is 38.0 Å². The molecule has 3 aromatic rings. The highest BCUT2D eigenvalue weighted by atomic mass is 19.1. The Morgan fingerprint density at radius 3 is 2.80 bits per heavy atom. The summed E-state index contributed by atoms with van der Waals surface area (Å²) in [5, 5.41) is 0. The molecule has 154 valence electrons. The molecule has 7 heteroatoms. The Bertz CT molecular complexity index is 1060. The number of likely N-dealkylation sites (tertiary alicyclic amines) is 1.